The Labute approximate surface area is 101 Å². The normalized spacial score (nSPS) is 12.6. The molecular formula is C12H20N2O3. The van der Waals surface area contributed by atoms with Crippen molar-refractivity contribution in [3.63, 3.8) is 0 Å². The zero-order valence-electron chi connectivity index (χ0n) is 10.8. The number of nitrogens with two attached hydrogens (primary N) is 1. The Kier molecular flexibility index (Phi) is 4.31. The number of carbonyl (C=O) groups is 1. The molecule has 0 aliphatic heterocycles. The Morgan fingerprint density at radius 2 is 2.06 bits per heavy atom. The molecule has 1 rings (SSSR count). The summed E-state index contributed by atoms with van der Waals surface area (Å²) in [5.41, 5.74) is 9.06. The van der Waals surface area contributed by atoms with E-state index in [-0.39, 0.29) is 18.6 Å². The van der Waals surface area contributed by atoms with Crippen molar-refractivity contribution in [2.75, 3.05) is 13.7 Å². The van der Waals surface area contributed by atoms with Crippen LogP contribution in [-0.2, 0) is 11.8 Å². The van der Waals surface area contributed by atoms with Gasteiger partial charge in [-0.3, -0.25) is 0 Å². The highest BCUT2D eigenvalue weighted by atomic mass is 16.5. The number of aliphatic hydroxyl groups is 1. The fraction of sp³-hybridized carbons (Fsp3) is 0.583. The number of hydrogen-bond donors (Lipinski definition) is 2. The maximum atomic E-state index is 11.8. The molecule has 0 radical (unpaired) electrons. The van der Waals surface area contributed by atoms with Gasteiger partial charge in [-0.1, -0.05) is 0 Å². The third kappa shape index (κ3) is 2.35. The summed E-state index contributed by atoms with van der Waals surface area (Å²) in [6, 6.07) is -0.353. The molecule has 1 atom stereocenters. The van der Waals surface area contributed by atoms with Crippen LogP contribution in [-0.4, -0.2) is 29.4 Å². The van der Waals surface area contributed by atoms with E-state index in [2.05, 4.69) is 0 Å². The van der Waals surface area contributed by atoms with Gasteiger partial charge >= 0.3 is 5.97 Å². The van der Waals surface area contributed by atoms with Crippen molar-refractivity contribution in [3.8, 4) is 0 Å². The topological polar surface area (TPSA) is 77.5 Å². The molecule has 0 saturated carbocycles. The van der Waals surface area contributed by atoms with Gasteiger partial charge in [0.1, 0.15) is 0 Å². The first-order valence-electron chi connectivity index (χ1n) is 5.56. The van der Waals surface area contributed by atoms with E-state index in [9.17, 15) is 4.79 Å². The summed E-state index contributed by atoms with van der Waals surface area (Å²) in [7, 11) is 3.23. The van der Waals surface area contributed by atoms with Crippen molar-refractivity contribution in [2.45, 2.75) is 26.3 Å². The van der Waals surface area contributed by atoms with Gasteiger partial charge in [-0.05, 0) is 20.3 Å². The Morgan fingerprint density at radius 1 is 1.47 bits per heavy atom. The predicted molar refractivity (Wildman–Crippen MR) is 64.9 cm³/mol. The zero-order chi connectivity index (χ0) is 13.2. The molecule has 1 aromatic heterocycles. The van der Waals surface area contributed by atoms with Crippen molar-refractivity contribution in [2.24, 2.45) is 12.8 Å². The third-order valence-corrected chi connectivity index (χ3v) is 3.23. The number of rotatable bonds is 4. The minimum Gasteiger partial charge on any atom is -0.465 e. The molecule has 0 aliphatic rings. The van der Waals surface area contributed by atoms with E-state index in [4.69, 9.17) is 15.6 Å². The van der Waals surface area contributed by atoms with E-state index in [0.717, 1.165) is 17.0 Å². The van der Waals surface area contributed by atoms with Crippen LogP contribution in [0.15, 0.2) is 0 Å². The Bertz CT molecular complexity index is 424. The first kappa shape index (κ1) is 13.7. The van der Waals surface area contributed by atoms with Gasteiger partial charge in [0, 0.05) is 36.6 Å². The Balaban J connectivity index is 3.36. The van der Waals surface area contributed by atoms with Crippen LogP contribution in [0.5, 0.6) is 0 Å². The van der Waals surface area contributed by atoms with Gasteiger partial charge in [-0.25, -0.2) is 4.79 Å². The van der Waals surface area contributed by atoms with Crippen LogP contribution in [0.2, 0.25) is 0 Å². The number of methoxy groups -OCH3 is 1. The van der Waals surface area contributed by atoms with Crippen LogP contribution in [0.25, 0.3) is 0 Å². The second-order valence-corrected chi connectivity index (χ2v) is 4.13. The number of ether oxygens (including phenoxy) is 1. The van der Waals surface area contributed by atoms with Gasteiger partial charge in [-0.2, -0.15) is 0 Å². The lowest BCUT2D eigenvalue weighted by atomic mass is 9.99. The largest absolute Gasteiger partial charge is 0.465 e. The molecule has 0 spiro atoms. The number of carbonyl (C=O) groups excluding carboxylic acids is 1. The van der Waals surface area contributed by atoms with E-state index >= 15 is 0 Å². The van der Waals surface area contributed by atoms with E-state index in [1.165, 1.54) is 7.11 Å². The zero-order valence-corrected chi connectivity index (χ0v) is 10.8. The van der Waals surface area contributed by atoms with Gasteiger partial charge in [0.15, 0.2) is 0 Å². The first-order valence-corrected chi connectivity index (χ1v) is 5.56. The van der Waals surface area contributed by atoms with Crippen LogP contribution in [0, 0.1) is 13.8 Å². The van der Waals surface area contributed by atoms with Gasteiger partial charge < -0.3 is 20.1 Å². The molecule has 96 valence electrons. The van der Waals surface area contributed by atoms with Crippen molar-refractivity contribution in [3.05, 3.63) is 22.5 Å². The minimum absolute atomic E-state index is 0.00480. The third-order valence-electron chi connectivity index (χ3n) is 3.23. The highest BCUT2D eigenvalue weighted by Gasteiger charge is 2.25. The fourth-order valence-electron chi connectivity index (χ4n) is 2.07. The second-order valence-electron chi connectivity index (χ2n) is 4.13. The Hall–Kier alpha value is -1.33. The molecular weight excluding hydrogens is 220 g/mol. The molecule has 0 bridgehead atoms. The SMILES string of the molecule is COC(=O)c1c(C(N)CCO)c(C)n(C)c1C. The summed E-state index contributed by atoms with van der Waals surface area (Å²) in [5, 5.41) is 8.95. The quantitative estimate of drug-likeness (QED) is 0.763. The number of nitrogens with zero attached hydrogens (tertiary/aromatic N) is 1. The summed E-state index contributed by atoms with van der Waals surface area (Å²) in [5.74, 6) is -0.380. The maximum absolute atomic E-state index is 11.8. The van der Waals surface area contributed by atoms with Gasteiger partial charge in [0.2, 0.25) is 0 Å². The molecule has 0 aliphatic carbocycles. The van der Waals surface area contributed by atoms with Crippen molar-refractivity contribution in [1.82, 2.24) is 4.57 Å². The predicted octanol–water partition coefficient (Wildman–Crippen LogP) is 0.811. The summed E-state index contributed by atoms with van der Waals surface area (Å²) >= 11 is 0. The molecule has 1 unspecified atom stereocenters. The van der Waals surface area contributed by atoms with E-state index in [0.29, 0.717) is 12.0 Å². The van der Waals surface area contributed by atoms with Crippen LogP contribution < -0.4 is 5.73 Å². The molecule has 1 aromatic rings. The molecule has 0 amide bonds. The van der Waals surface area contributed by atoms with Crippen LogP contribution in [0.1, 0.15) is 39.8 Å². The molecule has 5 nitrogen and oxygen atoms in total. The molecule has 5 heteroatoms. The molecule has 3 N–H and O–H groups in total. The van der Waals surface area contributed by atoms with E-state index < -0.39 is 0 Å². The number of esters is 1. The molecule has 0 fully saturated rings. The van der Waals surface area contributed by atoms with Crippen molar-refractivity contribution < 1.29 is 14.6 Å². The summed E-state index contributed by atoms with van der Waals surface area (Å²) < 4.78 is 6.70. The van der Waals surface area contributed by atoms with E-state index in [1.807, 2.05) is 25.5 Å². The smallest absolute Gasteiger partial charge is 0.340 e. The first-order chi connectivity index (χ1) is 7.95. The molecule has 0 saturated heterocycles. The Morgan fingerprint density at radius 3 is 2.53 bits per heavy atom. The minimum atomic E-state index is -0.380. The number of aromatic nitrogens is 1. The fourth-order valence-corrected chi connectivity index (χ4v) is 2.07. The van der Waals surface area contributed by atoms with Crippen LogP contribution >= 0.6 is 0 Å². The lowest BCUT2D eigenvalue weighted by molar-refractivity contribution is 0.0597. The second kappa shape index (κ2) is 5.33. The maximum Gasteiger partial charge on any atom is 0.340 e. The number of aliphatic hydroxyl groups excluding tert-OH is 1. The molecule has 1 heterocycles. The van der Waals surface area contributed by atoms with Gasteiger partial charge in [-0.15, -0.1) is 0 Å². The van der Waals surface area contributed by atoms with Crippen LogP contribution in [0.4, 0.5) is 0 Å². The van der Waals surface area contributed by atoms with Crippen LogP contribution in [0.3, 0.4) is 0 Å². The monoisotopic (exact) mass is 240 g/mol. The average molecular weight is 240 g/mol. The summed E-state index contributed by atoms with van der Waals surface area (Å²) in [6.07, 6.45) is 0.425. The van der Waals surface area contributed by atoms with Crippen molar-refractivity contribution >= 4 is 5.97 Å². The molecule has 0 aromatic carbocycles. The van der Waals surface area contributed by atoms with Gasteiger partial charge in [0.25, 0.3) is 0 Å². The highest BCUT2D eigenvalue weighted by Crippen LogP contribution is 2.28. The standard InChI is InChI=1S/C12H20N2O3/c1-7-10(9(13)5-6-15)11(12(16)17-4)8(2)14(7)3/h9,15H,5-6,13H2,1-4H3. The number of hydrogen-bond acceptors (Lipinski definition) is 4. The van der Waals surface area contributed by atoms with E-state index in [1.54, 1.807) is 0 Å². The summed E-state index contributed by atoms with van der Waals surface area (Å²) in [6.45, 7) is 3.76. The van der Waals surface area contributed by atoms with Gasteiger partial charge in [0.05, 0.1) is 12.7 Å². The van der Waals surface area contributed by atoms with Crippen molar-refractivity contribution in [1.29, 1.82) is 0 Å². The lowest BCUT2D eigenvalue weighted by Crippen LogP contribution is -2.17. The average Bonchev–Trinajstić information content (AvgIpc) is 2.53. The highest BCUT2D eigenvalue weighted by molar-refractivity contribution is 5.93. The summed E-state index contributed by atoms with van der Waals surface area (Å²) in [4.78, 5) is 11.8. The lowest BCUT2D eigenvalue weighted by Gasteiger charge is -2.12. The molecule has 17 heavy (non-hydrogen) atoms.